The fourth-order valence-electron chi connectivity index (χ4n) is 1.02. The summed E-state index contributed by atoms with van der Waals surface area (Å²) >= 11 is 5.69. The van der Waals surface area contributed by atoms with Gasteiger partial charge in [-0.2, -0.15) is 0 Å². The van der Waals surface area contributed by atoms with Gasteiger partial charge in [-0.1, -0.05) is 11.6 Å². The molecule has 0 atom stereocenters. The average Bonchev–Trinajstić information content (AvgIpc) is 2.14. The number of amides is 1. The number of carbonyl (C=O) groups excluding carboxylic acids is 1. The number of carbonyl (C=O) groups is 1. The summed E-state index contributed by atoms with van der Waals surface area (Å²) in [5.41, 5.74) is 11.7. The molecule has 1 aromatic carbocycles. The van der Waals surface area contributed by atoms with Crippen LogP contribution in [0.5, 0.6) is 0 Å². The largest absolute Gasteiger partial charge is 0.398 e. The van der Waals surface area contributed by atoms with E-state index in [-0.39, 0.29) is 5.91 Å². The second-order valence-corrected chi connectivity index (χ2v) is 3.21. The van der Waals surface area contributed by atoms with Gasteiger partial charge in [0.2, 0.25) is 0 Å². The Morgan fingerprint density at radius 3 is 2.79 bits per heavy atom. The van der Waals surface area contributed by atoms with Gasteiger partial charge in [0.25, 0.3) is 5.91 Å². The number of rotatable bonds is 3. The van der Waals surface area contributed by atoms with Crippen LogP contribution < -0.4 is 16.8 Å². The molecule has 0 aliphatic carbocycles. The van der Waals surface area contributed by atoms with Gasteiger partial charge < -0.3 is 16.8 Å². The molecule has 0 aliphatic rings. The smallest absolute Gasteiger partial charge is 0.253 e. The molecule has 0 heterocycles. The molecule has 0 unspecified atom stereocenters. The van der Waals surface area contributed by atoms with E-state index < -0.39 is 0 Å². The number of hydrogen-bond acceptors (Lipinski definition) is 3. The van der Waals surface area contributed by atoms with Crippen LogP contribution in [-0.2, 0) is 0 Å². The molecule has 4 nitrogen and oxygen atoms in total. The third kappa shape index (κ3) is 2.61. The van der Waals surface area contributed by atoms with Crippen molar-refractivity contribution in [2.45, 2.75) is 0 Å². The van der Waals surface area contributed by atoms with Crippen molar-refractivity contribution in [2.24, 2.45) is 5.73 Å². The highest BCUT2D eigenvalue weighted by molar-refractivity contribution is 6.31. The molecule has 1 rings (SSSR count). The van der Waals surface area contributed by atoms with Crippen molar-refractivity contribution in [3.05, 3.63) is 28.8 Å². The molecule has 0 bridgehead atoms. The van der Waals surface area contributed by atoms with Crippen molar-refractivity contribution in [3.8, 4) is 0 Å². The van der Waals surface area contributed by atoms with Crippen LogP contribution in [0.3, 0.4) is 0 Å². The summed E-state index contributed by atoms with van der Waals surface area (Å²) in [5, 5.41) is 3.13. The van der Waals surface area contributed by atoms with E-state index in [1.54, 1.807) is 18.2 Å². The van der Waals surface area contributed by atoms with Gasteiger partial charge in [0.15, 0.2) is 0 Å². The van der Waals surface area contributed by atoms with Crippen molar-refractivity contribution < 1.29 is 4.79 Å². The Bertz CT molecular complexity index is 341. The van der Waals surface area contributed by atoms with Gasteiger partial charge in [0.05, 0.1) is 5.56 Å². The monoisotopic (exact) mass is 213 g/mol. The minimum atomic E-state index is -0.232. The SMILES string of the molecule is NCCNC(=O)c1ccc(Cl)cc1N. The van der Waals surface area contributed by atoms with E-state index in [4.69, 9.17) is 23.1 Å². The van der Waals surface area contributed by atoms with Crippen LogP contribution in [0.15, 0.2) is 18.2 Å². The Kier molecular flexibility index (Phi) is 3.73. The zero-order chi connectivity index (χ0) is 10.6. The number of nitrogens with one attached hydrogen (secondary N) is 1. The first kappa shape index (κ1) is 10.8. The first-order valence-corrected chi connectivity index (χ1v) is 4.56. The third-order valence-corrected chi connectivity index (χ3v) is 1.92. The summed E-state index contributed by atoms with van der Waals surface area (Å²) in [6.45, 7) is 0.833. The van der Waals surface area contributed by atoms with Gasteiger partial charge in [-0.05, 0) is 18.2 Å². The molecule has 0 fully saturated rings. The van der Waals surface area contributed by atoms with Crippen LogP contribution in [0.2, 0.25) is 5.02 Å². The normalized spacial score (nSPS) is 9.86. The van der Waals surface area contributed by atoms with E-state index in [0.29, 0.717) is 29.4 Å². The molecule has 0 saturated carbocycles. The topological polar surface area (TPSA) is 81.1 Å². The summed E-state index contributed by atoms with van der Waals surface area (Å²) in [6, 6.07) is 4.75. The Morgan fingerprint density at radius 1 is 1.50 bits per heavy atom. The minimum absolute atomic E-state index is 0.232. The van der Waals surface area contributed by atoms with Crippen molar-refractivity contribution in [3.63, 3.8) is 0 Å². The average molecular weight is 214 g/mol. The first-order valence-electron chi connectivity index (χ1n) is 4.18. The predicted octanol–water partition coefficient (Wildman–Crippen LogP) is 0.611. The lowest BCUT2D eigenvalue weighted by molar-refractivity contribution is 0.0955. The lowest BCUT2D eigenvalue weighted by Gasteiger charge is -2.06. The van der Waals surface area contributed by atoms with Crippen molar-refractivity contribution in [2.75, 3.05) is 18.8 Å². The van der Waals surface area contributed by atoms with Crippen LogP contribution >= 0.6 is 11.6 Å². The van der Waals surface area contributed by atoms with Gasteiger partial charge in [0, 0.05) is 23.8 Å². The van der Waals surface area contributed by atoms with E-state index in [2.05, 4.69) is 5.32 Å². The molecule has 0 spiro atoms. The second kappa shape index (κ2) is 4.83. The van der Waals surface area contributed by atoms with E-state index in [0.717, 1.165) is 0 Å². The zero-order valence-corrected chi connectivity index (χ0v) is 8.34. The lowest BCUT2D eigenvalue weighted by Crippen LogP contribution is -2.29. The predicted molar refractivity (Wildman–Crippen MR) is 57.3 cm³/mol. The van der Waals surface area contributed by atoms with Crippen molar-refractivity contribution in [1.29, 1.82) is 0 Å². The van der Waals surface area contributed by atoms with E-state index >= 15 is 0 Å². The van der Waals surface area contributed by atoms with Gasteiger partial charge in [-0.15, -0.1) is 0 Å². The fraction of sp³-hybridized carbons (Fsp3) is 0.222. The quantitative estimate of drug-likeness (QED) is 0.644. The highest BCUT2D eigenvalue weighted by atomic mass is 35.5. The molecular formula is C9H12ClN3O. The highest BCUT2D eigenvalue weighted by Gasteiger charge is 2.08. The lowest BCUT2D eigenvalue weighted by atomic mass is 10.1. The summed E-state index contributed by atoms with van der Waals surface area (Å²) in [6.07, 6.45) is 0. The summed E-state index contributed by atoms with van der Waals surface area (Å²) in [7, 11) is 0. The molecular weight excluding hydrogens is 202 g/mol. The standard InChI is InChI=1S/C9H12ClN3O/c10-6-1-2-7(8(12)5-6)9(14)13-4-3-11/h1-2,5H,3-4,11-12H2,(H,13,14). The number of benzene rings is 1. The Labute approximate surface area is 87.2 Å². The van der Waals surface area contributed by atoms with Gasteiger partial charge >= 0.3 is 0 Å². The Morgan fingerprint density at radius 2 is 2.21 bits per heavy atom. The van der Waals surface area contributed by atoms with Crippen LogP contribution in [0.4, 0.5) is 5.69 Å². The maximum absolute atomic E-state index is 11.4. The van der Waals surface area contributed by atoms with E-state index in [1.165, 1.54) is 0 Å². The molecule has 5 heteroatoms. The van der Waals surface area contributed by atoms with Crippen LogP contribution in [0, 0.1) is 0 Å². The Hall–Kier alpha value is -1.26. The summed E-state index contributed by atoms with van der Waals surface area (Å²) in [5.74, 6) is -0.232. The highest BCUT2D eigenvalue weighted by Crippen LogP contribution is 2.17. The van der Waals surface area contributed by atoms with Gasteiger partial charge in [-0.25, -0.2) is 0 Å². The maximum Gasteiger partial charge on any atom is 0.253 e. The molecule has 0 aromatic heterocycles. The molecule has 0 aliphatic heterocycles. The zero-order valence-electron chi connectivity index (χ0n) is 7.59. The van der Waals surface area contributed by atoms with E-state index in [1.807, 2.05) is 0 Å². The van der Waals surface area contributed by atoms with Gasteiger partial charge in [-0.3, -0.25) is 4.79 Å². The molecule has 5 N–H and O–H groups in total. The first-order chi connectivity index (χ1) is 6.65. The molecule has 1 amide bonds. The van der Waals surface area contributed by atoms with Crippen LogP contribution in [-0.4, -0.2) is 19.0 Å². The molecule has 1 aromatic rings. The molecule has 76 valence electrons. The third-order valence-electron chi connectivity index (χ3n) is 1.69. The number of nitrogen functional groups attached to an aromatic ring is 1. The van der Waals surface area contributed by atoms with Crippen molar-refractivity contribution >= 4 is 23.2 Å². The fourth-order valence-corrected chi connectivity index (χ4v) is 1.20. The molecule has 0 saturated heterocycles. The van der Waals surface area contributed by atoms with Gasteiger partial charge in [0.1, 0.15) is 0 Å². The maximum atomic E-state index is 11.4. The number of hydrogen-bond donors (Lipinski definition) is 3. The molecule has 0 radical (unpaired) electrons. The van der Waals surface area contributed by atoms with Crippen molar-refractivity contribution in [1.82, 2.24) is 5.32 Å². The van der Waals surface area contributed by atoms with Crippen LogP contribution in [0.25, 0.3) is 0 Å². The number of anilines is 1. The Balaban J connectivity index is 2.80. The number of nitrogens with two attached hydrogens (primary N) is 2. The summed E-state index contributed by atoms with van der Waals surface area (Å²) < 4.78 is 0. The second-order valence-electron chi connectivity index (χ2n) is 2.78. The summed E-state index contributed by atoms with van der Waals surface area (Å²) in [4.78, 5) is 11.4. The number of halogens is 1. The minimum Gasteiger partial charge on any atom is -0.398 e. The van der Waals surface area contributed by atoms with Crippen LogP contribution in [0.1, 0.15) is 10.4 Å². The van der Waals surface area contributed by atoms with E-state index in [9.17, 15) is 4.79 Å². The molecule has 14 heavy (non-hydrogen) atoms.